The number of halogens is 1. The van der Waals surface area contributed by atoms with Crippen LogP contribution in [0.5, 0.6) is 11.8 Å². The van der Waals surface area contributed by atoms with Crippen molar-refractivity contribution in [3.63, 3.8) is 0 Å². The molecule has 82 heavy (non-hydrogen) atoms. The standard InChI is InChI=1S/C63H81FN10O8/c1-6-47-50(64)12-7-41-28-46(81-39-79-5)29-53(55(41)47)71-20-15-49-51(36-71)65-59(67-56(49)72-34-44-8-9-45(35-72)74(44)60(78)82-61(2,3)4)80-38-63(16-17-63)37-69-21-18-62(19-22-69)30-40(31-62)32-68-23-25-70(26-24-68)43-10-11-48-42(27-43)33-73(58(48)77)52-13-14-54(75)66-57(52)76/h7,10-12,27-29,40,44-45,52H,6,8-9,13-26,30-39H2,1-5H3,(H,66,75,76)/t44?,45?,52-/m0/s1. The molecule has 9 aliphatic rings. The fourth-order valence-corrected chi connectivity index (χ4v) is 15.3. The highest BCUT2D eigenvalue weighted by Gasteiger charge is 2.51. The lowest BCUT2D eigenvalue weighted by molar-refractivity contribution is -0.136. The predicted octanol–water partition coefficient (Wildman–Crippen LogP) is 7.70. The number of imide groups is 1. The van der Waals surface area contributed by atoms with Gasteiger partial charge in [-0.1, -0.05) is 13.0 Å². The number of benzene rings is 3. The Morgan fingerprint density at radius 2 is 1.59 bits per heavy atom. The second-order valence-corrected chi connectivity index (χ2v) is 26.4. The monoisotopic (exact) mass is 1120 g/mol. The zero-order valence-corrected chi connectivity index (χ0v) is 48.6. The third-order valence-corrected chi connectivity index (χ3v) is 19.7. The predicted molar refractivity (Wildman–Crippen MR) is 309 cm³/mol. The van der Waals surface area contributed by atoms with E-state index in [1.165, 1.54) is 25.7 Å². The summed E-state index contributed by atoms with van der Waals surface area (Å²) in [5.41, 5.74) is 6.27. The number of ether oxygens (including phenoxy) is 4. The van der Waals surface area contributed by atoms with E-state index in [2.05, 4.69) is 35.9 Å². The van der Waals surface area contributed by atoms with Gasteiger partial charge in [-0.3, -0.25) is 29.5 Å². The van der Waals surface area contributed by atoms with Gasteiger partial charge < -0.3 is 43.4 Å². The molecule has 3 atom stereocenters. The largest absolute Gasteiger partial charge is 0.467 e. The van der Waals surface area contributed by atoms with Crippen LogP contribution in [0.15, 0.2) is 42.5 Å². The lowest BCUT2D eigenvalue weighted by Gasteiger charge is -2.54. The first-order valence-corrected chi connectivity index (χ1v) is 30.4. The molecule has 1 aromatic heterocycles. The Morgan fingerprint density at radius 1 is 0.817 bits per heavy atom. The summed E-state index contributed by atoms with van der Waals surface area (Å²) < 4.78 is 39.6. The minimum Gasteiger partial charge on any atom is -0.467 e. The van der Waals surface area contributed by atoms with Crippen LogP contribution in [0.3, 0.4) is 0 Å². The average Bonchev–Trinajstić information content (AvgIpc) is 4.03. The number of hydrogen-bond acceptors (Lipinski definition) is 15. The number of hydrogen-bond donors (Lipinski definition) is 1. The maximum absolute atomic E-state index is 15.6. The van der Waals surface area contributed by atoms with Gasteiger partial charge in [-0.15, -0.1) is 0 Å². The van der Waals surface area contributed by atoms with Crippen molar-refractivity contribution in [1.29, 1.82) is 0 Å². The molecule has 8 heterocycles. The quantitative estimate of drug-likeness (QED) is 0.0909. The summed E-state index contributed by atoms with van der Waals surface area (Å²) in [5, 5.41) is 4.20. The Kier molecular flexibility index (Phi) is 14.5. The highest BCUT2D eigenvalue weighted by Crippen LogP contribution is 2.54. The molecule has 1 spiro atoms. The van der Waals surface area contributed by atoms with E-state index < -0.39 is 11.6 Å². The zero-order valence-electron chi connectivity index (χ0n) is 48.6. The van der Waals surface area contributed by atoms with Crippen LogP contribution in [0.1, 0.15) is 125 Å². The molecular formula is C63H81FN10O8. The number of piperazine rings is 2. The summed E-state index contributed by atoms with van der Waals surface area (Å²) in [6.07, 6.45) is 10.8. The number of piperidine rings is 2. The van der Waals surface area contributed by atoms with Crippen molar-refractivity contribution in [3.8, 4) is 11.8 Å². The number of methoxy groups -OCH3 is 1. The van der Waals surface area contributed by atoms with Crippen molar-refractivity contribution >= 4 is 51.8 Å². The molecular weight excluding hydrogens is 1040 g/mol. The second kappa shape index (κ2) is 21.7. The van der Waals surface area contributed by atoms with Gasteiger partial charge in [0.15, 0.2) is 6.79 Å². The van der Waals surface area contributed by atoms with E-state index in [4.69, 9.17) is 28.9 Å². The molecule has 4 amide bonds. The summed E-state index contributed by atoms with van der Waals surface area (Å²) >= 11 is 0. The average molecular weight is 1130 g/mol. The van der Waals surface area contributed by atoms with Crippen molar-refractivity contribution in [2.24, 2.45) is 16.7 Å². The van der Waals surface area contributed by atoms with Crippen LogP contribution in [0, 0.1) is 22.6 Å². The van der Waals surface area contributed by atoms with Crippen LogP contribution < -0.4 is 29.5 Å². The third-order valence-electron chi connectivity index (χ3n) is 19.7. The molecule has 2 unspecified atom stereocenters. The van der Waals surface area contributed by atoms with Crippen molar-refractivity contribution in [2.45, 2.75) is 142 Å². The number of carbonyl (C=O) groups excluding carboxylic acids is 4. The summed E-state index contributed by atoms with van der Waals surface area (Å²) in [5.74, 6) is 1.29. The normalized spacial score (nSPS) is 24.4. The highest BCUT2D eigenvalue weighted by molar-refractivity contribution is 6.05. The number of amides is 4. The fourth-order valence-electron chi connectivity index (χ4n) is 15.3. The lowest BCUT2D eigenvalue weighted by atomic mass is 9.57. The number of carbonyl (C=O) groups is 4. The molecule has 2 saturated carbocycles. The van der Waals surface area contributed by atoms with Crippen LogP contribution in [0.25, 0.3) is 10.8 Å². The number of nitrogens with zero attached hydrogens (tertiary/aromatic N) is 9. The molecule has 5 saturated heterocycles. The van der Waals surface area contributed by atoms with Crippen molar-refractivity contribution in [3.05, 3.63) is 76.2 Å². The first kappa shape index (κ1) is 54.9. The van der Waals surface area contributed by atoms with E-state index in [0.717, 1.165) is 129 Å². The molecule has 3 aromatic carbocycles. The fraction of sp³-hybridized carbons (Fsp3) is 0.619. The van der Waals surface area contributed by atoms with E-state index in [0.29, 0.717) is 86.9 Å². The summed E-state index contributed by atoms with van der Waals surface area (Å²) in [6, 6.07) is 13.3. The Morgan fingerprint density at radius 3 is 2.29 bits per heavy atom. The van der Waals surface area contributed by atoms with Gasteiger partial charge in [0.2, 0.25) is 11.8 Å². The topological polar surface area (TPSA) is 166 Å². The van der Waals surface area contributed by atoms with Crippen LogP contribution in [-0.4, -0.2) is 170 Å². The van der Waals surface area contributed by atoms with Gasteiger partial charge in [0.1, 0.15) is 29.0 Å². The molecule has 0 radical (unpaired) electrons. The number of fused-ring (bicyclic) bond motifs is 5. The van der Waals surface area contributed by atoms with Crippen molar-refractivity contribution in [2.75, 3.05) is 107 Å². The maximum Gasteiger partial charge on any atom is 0.410 e. The Balaban J connectivity index is 0.635. The SMILES string of the molecule is CCc1c(F)ccc2cc(OCOC)cc(N3CCc4c(nc(OCC5(CN6CCC7(CC6)CC(CN6CCN(c8ccc9c(c8)CN([C@H]8CCC(=O)NC8=O)C9=O)CC6)C7)CC5)nc4N4CC5CCC(C4)N5C(=O)OC(C)(C)C)C3)c12. The van der Waals surface area contributed by atoms with Crippen molar-refractivity contribution in [1.82, 2.24) is 34.9 Å². The van der Waals surface area contributed by atoms with E-state index in [1.807, 2.05) is 62.9 Å². The number of likely N-dealkylation sites (tertiary alicyclic amines) is 1. The molecule has 7 aliphatic heterocycles. The third kappa shape index (κ3) is 10.8. The lowest BCUT2D eigenvalue weighted by Crippen LogP contribution is -2.57. The van der Waals surface area contributed by atoms with Crippen LogP contribution in [0.2, 0.25) is 0 Å². The first-order chi connectivity index (χ1) is 39.5. The van der Waals surface area contributed by atoms with Gasteiger partial charge in [0, 0.05) is 118 Å². The van der Waals surface area contributed by atoms with E-state index in [1.54, 1.807) is 18.1 Å². The second-order valence-electron chi connectivity index (χ2n) is 26.4. The van der Waals surface area contributed by atoms with Crippen LogP contribution in [-0.2, 0) is 45.0 Å². The van der Waals surface area contributed by atoms with Gasteiger partial charge in [-0.05, 0) is 163 Å². The van der Waals surface area contributed by atoms with Gasteiger partial charge >= 0.3 is 12.1 Å². The summed E-state index contributed by atoms with van der Waals surface area (Å²) in [4.78, 5) is 77.7. The molecule has 18 nitrogen and oxygen atoms in total. The van der Waals surface area contributed by atoms with E-state index >= 15 is 4.39 Å². The Hall–Kier alpha value is -6.31. The molecule has 438 valence electrons. The van der Waals surface area contributed by atoms with Crippen LogP contribution in [0.4, 0.5) is 26.4 Å². The van der Waals surface area contributed by atoms with E-state index in [-0.39, 0.29) is 60.3 Å². The number of aryl methyl sites for hydroxylation is 1. The Bertz CT molecular complexity index is 3130. The van der Waals surface area contributed by atoms with Crippen molar-refractivity contribution < 1.29 is 42.5 Å². The maximum atomic E-state index is 15.6. The number of nitrogens with one attached hydrogen (secondary N) is 1. The molecule has 1 N–H and O–H groups in total. The minimum atomic E-state index is -0.603. The zero-order chi connectivity index (χ0) is 56.7. The van der Waals surface area contributed by atoms with Gasteiger partial charge in [-0.2, -0.15) is 9.97 Å². The molecule has 7 fully saturated rings. The number of anilines is 3. The summed E-state index contributed by atoms with van der Waals surface area (Å²) in [6.45, 7) is 19.6. The first-order valence-electron chi connectivity index (χ1n) is 30.4. The number of rotatable bonds is 15. The molecule has 19 heteroatoms. The molecule has 4 aromatic rings. The molecule has 13 rings (SSSR count). The summed E-state index contributed by atoms with van der Waals surface area (Å²) in [7, 11) is 1.60. The highest BCUT2D eigenvalue weighted by atomic mass is 19.1. The smallest absolute Gasteiger partial charge is 0.410 e. The minimum absolute atomic E-state index is 0.0160. The van der Waals surface area contributed by atoms with Gasteiger partial charge in [0.05, 0.1) is 30.9 Å². The molecule has 2 bridgehead atoms. The number of aromatic nitrogens is 2. The van der Waals surface area contributed by atoms with Gasteiger partial charge in [-0.25, -0.2) is 9.18 Å². The Labute approximate surface area is 480 Å². The van der Waals surface area contributed by atoms with E-state index in [9.17, 15) is 19.2 Å². The molecule has 2 aliphatic carbocycles. The van der Waals surface area contributed by atoms with Gasteiger partial charge in [0.25, 0.3) is 5.91 Å². The van der Waals surface area contributed by atoms with Crippen LogP contribution >= 0.6 is 0 Å².